The molecule has 3 rings (SSSR count). The fourth-order valence-electron chi connectivity index (χ4n) is 2.41. The van der Waals surface area contributed by atoms with Crippen LogP contribution in [-0.2, 0) is 9.53 Å². The van der Waals surface area contributed by atoms with Gasteiger partial charge in [-0.25, -0.2) is 0 Å². The van der Waals surface area contributed by atoms with Gasteiger partial charge in [0.15, 0.2) is 4.96 Å². The molecule has 0 radical (unpaired) electrons. The van der Waals surface area contributed by atoms with E-state index in [9.17, 15) is 14.4 Å². The van der Waals surface area contributed by atoms with Gasteiger partial charge in [-0.05, 0) is 12.1 Å². The molecule has 1 aromatic carbocycles. The van der Waals surface area contributed by atoms with Crippen molar-refractivity contribution in [1.29, 1.82) is 0 Å². The second kappa shape index (κ2) is 7.98. The molecule has 2 heterocycles. The number of methoxy groups -OCH3 is 2. The van der Waals surface area contributed by atoms with Crippen LogP contribution in [-0.4, -0.2) is 42.0 Å². The quantitative estimate of drug-likeness (QED) is 0.664. The molecule has 0 aliphatic carbocycles. The molecule has 0 atom stereocenters. The minimum Gasteiger partial charge on any atom is -0.494 e. The van der Waals surface area contributed by atoms with Crippen LogP contribution in [0.25, 0.3) is 4.96 Å². The lowest BCUT2D eigenvalue weighted by Crippen LogP contribution is -2.20. The number of carbonyl (C=O) groups is 2. The second-order valence-corrected chi connectivity index (χ2v) is 6.26. The third-order valence-corrected chi connectivity index (χ3v) is 4.31. The standard InChI is InChI=1S/C17H16N4O5S/c1-25-9-15(23)19-11-4-3-10(7-13(11)26-2)18-16(24)12-8-14(22)20-17-21(12)5-6-27-17/h3-8H,9H2,1-2H3,(H,18,24)(H,19,23). The van der Waals surface area contributed by atoms with E-state index >= 15 is 0 Å². The topological polar surface area (TPSA) is 111 Å². The molecule has 10 heteroatoms. The molecule has 27 heavy (non-hydrogen) atoms. The average molecular weight is 388 g/mol. The Morgan fingerprint density at radius 2 is 2.04 bits per heavy atom. The van der Waals surface area contributed by atoms with Gasteiger partial charge in [0.2, 0.25) is 5.91 Å². The van der Waals surface area contributed by atoms with E-state index in [2.05, 4.69) is 15.6 Å². The number of fused-ring (bicyclic) bond motifs is 1. The molecule has 0 bridgehead atoms. The van der Waals surface area contributed by atoms with Gasteiger partial charge in [-0.2, -0.15) is 4.98 Å². The van der Waals surface area contributed by atoms with Crippen molar-refractivity contribution in [3.8, 4) is 5.75 Å². The molecule has 2 aromatic heterocycles. The van der Waals surface area contributed by atoms with Gasteiger partial charge in [0.1, 0.15) is 18.1 Å². The summed E-state index contributed by atoms with van der Waals surface area (Å²) in [6, 6.07) is 5.94. The molecule has 0 fully saturated rings. The molecular formula is C17H16N4O5S. The van der Waals surface area contributed by atoms with Crippen LogP contribution in [0.15, 0.2) is 40.6 Å². The van der Waals surface area contributed by atoms with Crippen LogP contribution in [0.3, 0.4) is 0 Å². The van der Waals surface area contributed by atoms with Gasteiger partial charge in [-0.3, -0.25) is 18.8 Å². The third kappa shape index (κ3) is 4.13. The lowest BCUT2D eigenvalue weighted by Gasteiger charge is -2.13. The summed E-state index contributed by atoms with van der Waals surface area (Å²) in [5.74, 6) is -0.436. The summed E-state index contributed by atoms with van der Waals surface area (Å²) >= 11 is 1.26. The Balaban J connectivity index is 1.84. The Kier molecular flexibility index (Phi) is 5.48. The Bertz CT molecular complexity index is 1060. The van der Waals surface area contributed by atoms with Crippen LogP contribution in [0.5, 0.6) is 5.75 Å². The summed E-state index contributed by atoms with van der Waals surface area (Å²) in [6.45, 7) is -0.0882. The minimum atomic E-state index is -0.489. The maximum absolute atomic E-state index is 12.6. The predicted octanol–water partition coefficient (Wildman–Crippen LogP) is 1.60. The highest BCUT2D eigenvalue weighted by Crippen LogP contribution is 2.28. The van der Waals surface area contributed by atoms with Crippen molar-refractivity contribution in [3.05, 3.63) is 51.9 Å². The first-order valence-corrected chi connectivity index (χ1v) is 8.65. The Hall–Kier alpha value is -3.24. The first kappa shape index (κ1) is 18.5. The van der Waals surface area contributed by atoms with Crippen molar-refractivity contribution in [2.24, 2.45) is 0 Å². The van der Waals surface area contributed by atoms with E-state index in [1.165, 1.54) is 36.0 Å². The number of rotatable bonds is 6. The van der Waals surface area contributed by atoms with Crippen LogP contribution in [0.4, 0.5) is 11.4 Å². The Morgan fingerprint density at radius 3 is 2.78 bits per heavy atom. The molecule has 0 aliphatic heterocycles. The smallest absolute Gasteiger partial charge is 0.274 e. The average Bonchev–Trinajstić information content (AvgIpc) is 3.10. The molecule has 0 spiro atoms. The zero-order valence-corrected chi connectivity index (χ0v) is 15.3. The zero-order valence-electron chi connectivity index (χ0n) is 14.5. The molecular weight excluding hydrogens is 372 g/mol. The van der Waals surface area contributed by atoms with Crippen molar-refractivity contribution in [2.75, 3.05) is 31.5 Å². The number of thiazole rings is 1. The molecule has 0 aliphatic rings. The number of nitrogens with one attached hydrogen (secondary N) is 2. The number of aromatic nitrogens is 2. The highest BCUT2D eigenvalue weighted by molar-refractivity contribution is 7.15. The van der Waals surface area contributed by atoms with Gasteiger partial charge in [0.05, 0.1) is 12.8 Å². The molecule has 140 valence electrons. The molecule has 0 saturated carbocycles. The summed E-state index contributed by atoms with van der Waals surface area (Å²) in [5, 5.41) is 7.09. The lowest BCUT2D eigenvalue weighted by atomic mass is 10.2. The number of benzene rings is 1. The lowest BCUT2D eigenvalue weighted by molar-refractivity contribution is -0.119. The number of carbonyl (C=O) groups excluding carboxylic acids is 2. The maximum atomic E-state index is 12.6. The van der Waals surface area contributed by atoms with Crippen LogP contribution in [0.2, 0.25) is 0 Å². The van der Waals surface area contributed by atoms with Crippen molar-refractivity contribution in [2.45, 2.75) is 0 Å². The number of hydrogen-bond acceptors (Lipinski definition) is 7. The number of nitrogens with zero attached hydrogens (tertiary/aromatic N) is 2. The SMILES string of the molecule is COCC(=O)Nc1ccc(NC(=O)c2cc(=O)nc3sccn23)cc1OC. The van der Waals surface area contributed by atoms with E-state index in [4.69, 9.17) is 9.47 Å². The van der Waals surface area contributed by atoms with Gasteiger partial charge in [0.25, 0.3) is 11.5 Å². The fourth-order valence-corrected chi connectivity index (χ4v) is 3.13. The van der Waals surface area contributed by atoms with Gasteiger partial charge in [-0.15, -0.1) is 11.3 Å². The van der Waals surface area contributed by atoms with Crippen LogP contribution >= 0.6 is 11.3 Å². The highest BCUT2D eigenvalue weighted by atomic mass is 32.1. The summed E-state index contributed by atoms with van der Waals surface area (Å²) < 4.78 is 11.6. The summed E-state index contributed by atoms with van der Waals surface area (Å²) in [7, 11) is 2.87. The minimum absolute atomic E-state index is 0.0882. The van der Waals surface area contributed by atoms with E-state index in [-0.39, 0.29) is 18.2 Å². The van der Waals surface area contributed by atoms with Crippen molar-refractivity contribution >= 4 is 39.5 Å². The normalized spacial score (nSPS) is 10.6. The summed E-state index contributed by atoms with van der Waals surface area (Å²) in [6.07, 6.45) is 1.66. The van der Waals surface area contributed by atoms with Crippen molar-refractivity contribution in [3.63, 3.8) is 0 Å². The van der Waals surface area contributed by atoms with Gasteiger partial charge < -0.3 is 20.1 Å². The van der Waals surface area contributed by atoms with Gasteiger partial charge in [0, 0.05) is 36.5 Å². The molecule has 2 N–H and O–H groups in total. The Morgan fingerprint density at radius 1 is 1.22 bits per heavy atom. The van der Waals surface area contributed by atoms with Crippen LogP contribution in [0, 0.1) is 0 Å². The predicted molar refractivity (Wildman–Crippen MR) is 101 cm³/mol. The number of anilines is 2. The summed E-state index contributed by atoms with van der Waals surface area (Å²) in [4.78, 5) is 40.2. The van der Waals surface area contributed by atoms with Gasteiger partial charge >= 0.3 is 0 Å². The van der Waals surface area contributed by atoms with Crippen molar-refractivity contribution in [1.82, 2.24) is 9.38 Å². The summed E-state index contributed by atoms with van der Waals surface area (Å²) in [5.41, 5.74) is 0.562. The molecule has 3 aromatic rings. The number of hydrogen-bond donors (Lipinski definition) is 2. The zero-order chi connectivity index (χ0) is 19.4. The van der Waals surface area contributed by atoms with Crippen LogP contribution < -0.4 is 20.9 Å². The third-order valence-electron chi connectivity index (χ3n) is 3.56. The number of ether oxygens (including phenoxy) is 2. The van der Waals surface area contributed by atoms with E-state index < -0.39 is 11.5 Å². The molecule has 2 amide bonds. The second-order valence-electron chi connectivity index (χ2n) is 5.39. The van der Waals surface area contributed by atoms with E-state index in [0.29, 0.717) is 22.1 Å². The first-order chi connectivity index (χ1) is 13.0. The maximum Gasteiger partial charge on any atom is 0.274 e. The Labute approximate surface area is 157 Å². The van der Waals surface area contributed by atoms with Crippen LogP contribution in [0.1, 0.15) is 10.5 Å². The van der Waals surface area contributed by atoms with Crippen molar-refractivity contribution < 1.29 is 19.1 Å². The van der Waals surface area contributed by atoms with E-state index in [1.807, 2.05) is 0 Å². The van der Waals surface area contributed by atoms with Gasteiger partial charge in [-0.1, -0.05) is 0 Å². The largest absolute Gasteiger partial charge is 0.494 e. The van der Waals surface area contributed by atoms with E-state index in [0.717, 1.165) is 0 Å². The van der Waals surface area contributed by atoms with E-state index in [1.54, 1.807) is 29.8 Å². The molecule has 0 saturated heterocycles. The monoisotopic (exact) mass is 388 g/mol. The molecule has 0 unspecified atom stereocenters. The number of amides is 2. The fraction of sp³-hybridized carbons (Fsp3) is 0.176. The highest BCUT2D eigenvalue weighted by Gasteiger charge is 2.14. The first-order valence-electron chi connectivity index (χ1n) is 7.77. The molecule has 9 nitrogen and oxygen atoms in total.